The van der Waals surface area contributed by atoms with E-state index < -0.39 is 124 Å². The maximum Gasteiger partial charge on any atom is 0.243 e. The van der Waals surface area contributed by atoms with Crippen molar-refractivity contribution in [3.8, 4) is 0 Å². The van der Waals surface area contributed by atoms with E-state index in [1.54, 1.807) is 26.1 Å². The van der Waals surface area contributed by atoms with Crippen molar-refractivity contribution < 1.29 is 52.2 Å². The van der Waals surface area contributed by atoms with Crippen LogP contribution in [0.15, 0.2) is 73.3 Å². The number of hydrogen-bond donors (Lipinski definition) is 12. The minimum Gasteiger partial charge on any atom is -0.370 e. The lowest BCUT2D eigenvalue weighted by atomic mass is 10.0. The fraction of sp³-hybridized carbons (Fsp3) is 0.481. The van der Waals surface area contributed by atoms with Crippen molar-refractivity contribution in [1.29, 1.82) is 0 Å². The van der Waals surface area contributed by atoms with E-state index in [0.717, 1.165) is 16.5 Å². The van der Waals surface area contributed by atoms with Crippen LogP contribution in [0, 0.1) is 11.8 Å². The molecule has 10 amide bonds. The maximum absolute atomic E-state index is 14.1. The smallest absolute Gasteiger partial charge is 0.243 e. The Morgan fingerprint density at radius 3 is 2.05 bits per heavy atom. The third-order valence-electron chi connectivity index (χ3n) is 12.8. The molecule has 4 aromatic rings. The summed E-state index contributed by atoms with van der Waals surface area (Å²) >= 11 is 0. The zero-order valence-corrected chi connectivity index (χ0v) is 44.6. The highest BCUT2D eigenvalue weighted by Gasteiger charge is 2.35. The van der Waals surface area contributed by atoms with Crippen LogP contribution in [0.3, 0.4) is 0 Å². The Bertz CT molecular complexity index is 2750. The molecule has 9 atom stereocenters. The summed E-state index contributed by atoms with van der Waals surface area (Å²) in [7, 11) is -1.77. The summed E-state index contributed by atoms with van der Waals surface area (Å²) in [6.45, 7) is 7.78. The number of fused-ring (bicyclic) bond motifs is 1. The number of carbonyl (C=O) groups excluding carboxylic acids is 10. The van der Waals surface area contributed by atoms with E-state index in [1.165, 1.54) is 19.4 Å². The van der Waals surface area contributed by atoms with Gasteiger partial charge in [-0.2, -0.15) is 0 Å². The second-order valence-corrected chi connectivity index (χ2v) is 21.6. The Morgan fingerprint density at radius 2 is 1.42 bits per heavy atom. The normalized spacial score (nSPS) is 16.4. The van der Waals surface area contributed by atoms with E-state index in [4.69, 9.17) is 11.5 Å². The number of imidazole rings is 1. The molecule has 1 fully saturated rings. The number of hydrogen-bond acceptors (Lipinski definition) is 12. The predicted molar refractivity (Wildman–Crippen MR) is 285 cm³/mol. The quantitative estimate of drug-likeness (QED) is 0.0294. The third kappa shape index (κ3) is 18.7. The standard InChI is InChI=1S/C52H71N13O11S/c1-28(2)19-41(46(54)69)77(76)26-34(20-31-11-7-6-8-12-31)60-51(74)40(22-33-24-55-27-58-33)62-44(68)25-57-52(75)45(29(3)4)65-47(70)30(5)59-50(73)39(21-32-23-56-36-14-10-9-13-35(32)36)64-49(72)38(15-17-42(53)66)63-48(71)37-16-18-43(67)61-37/h6-14,23-24,27-30,34,37-41,45,56H,15-22,25-26H2,1-5H3,(H2,53,66)(H2,54,69)(H,55,58)(H,57,75)(H,59,73)(H,60,74)(H,61,67)(H,62,68)(H,63,71)(H,64,72)(H,65,70)/t30-,34-,37-,38-,39-,40-,41-,45-,77+/m0/s1. The number of nitrogens with one attached hydrogen (secondary N) is 10. The number of para-hydroxylation sites is 1. The summed E-state index contributed by atoms with van der Waals surface area (Å²) in [5, 5.41) is 20.8. The van der Waals surface area contributed by atoms with Crippen LogP contribution in [0.1, 0.15) is 83.5 Å². The van der Waals surface area contributed by atoms with E-state index in [-0.39, 0.29) is 68.9 Å². The van der Waals surface area contributed by atoms with Crippen molar-refractivity contribution in [2.24, 2.45) is 23.3 Å². The molecule has 0 spiro atoms. The molecule has 1 aliphatic rings. The van der Waals surface area contributed by atoms with Gasteiger partial charge in [-0.15, -0.1) is 0 Å². The molecular weight excluding hydrogens is 1010 g/mol. The molecule has 0 bridgehead atoms. The van der Waals surface area contributed by atoms with Gasteiger partial charge in [-0.1, -0.05) is 76.2 Å². The second-order valence-electron chi connectivity index (χ2n) is 19.9. The Kier molecular flexibility index (Phi) is 22.4. The number of nitrogens with two attached hydrogens (primary N) is 2. The number of H-pyrrole nitrogens is 2. The lowest BCUT2D eigenvalue weighted by Crippen LogP contribution is -2.59. The van der Waals surface area contributed by atoms with Gasteiger partial charge >= 0.3 is 0 Å². The molecule has 77 heavy (non-hydrogen) atoms. The Labute approximate surface area is 448 Å². The number of nitrogens with zero attached hydrogens (tertiary/aromatic N) is 1. The summed E-state index contributed by atoms with van der Waals surface area (Å²) in [5.74, 6) is -7.75. The summed E-state index contributed by atoms with van der Waals surface area (Å²) in [6, 6.07) is 8.20. The Morgan fingerprint density at radius 1 is 0.740 bits per heavy atom. The molecule has 14 N–H and O–H groups in total. The maximum atomic E-state index is 14.1. The molecule has 5 rings (SSSR count). The van der Waals surface area contributed by atoms with Gasteiger partial charge in [0.2, 0.25) is 59.1 Å². The number of amides is 10. The molecule has 1 saturated heterocycles. The largest absolute Gasteiger partial charge is 0.370 e. The molecule has 1 aliphatic heterocycles. The van der Waals surface area contributed by atoms with Crippen LogP contribution in [0.5, 0.6) is 0 Å². The van der Waals surface area contributed by atoms with Gasteiger partial charge in [-0.25, -0.2) is 4.98 Å². The zero-order chi connectivity index (χ0) is 56.3. The van der Waals surface area contributed by atoms with E-state index in [2.05, 4.69) is 57.5 Å². The molecule has 24 nitrogen and oxygen atoms in total. The molecule has 2 aromatic carbocycles. The van der Waals surface area contributed by atoms with Crippen LogP contribution >= 0.6 is 0 Å². The van der Waals surface area contributed by atoms with Crippen molar-refractivity contribution in [3.05, 3.63) is 90.1 Å². The lowest BCUT2D eigenvalue weighted by molar-refractivity contribution is -0.135. The number of carbonyl (C=O) groups is 10. The third-order valence-corrected chi connectivity index (χ3v) is 14.6. The first kappa shape index (κ1) is 59.9. The van der Waals surface area contributed by atoms with Crippen molar-refractivity contribution in [2.75, 3.05) is 12.3 Å². The van der Waals surface area contributed by atoms with E-state index in [0.29, 0.717) is 11.3 Å². The van der Waals surface area contributed by atoms with Gasteiger partial charge in [0.05, 0.1) is 12.9 Å². The van der Waals surface area contributed by atoms with Crippen LogP contribution in [-0.2, 0) is 78.0 Å². The van der Waals surface area contributed by atoms with Gasteiger partial charge in [0.1, 0.15) is 41.5 Å². The second kappa shape index (κ2) is 28.8. The monoisotopic (exact) mass is 1090 g/mol. The van der Waals surface area contributed by atoms with Gasteiger partial charge in [0, 0.05) is 77.3 Å². The molecule has 2 aromatic heterocycles. The number of aromatic amines is 2. The number of benzene rings is 2. The van der Waals surface area contributed by atoms with Crippen LogP contribution in [0.4, 0.5) is 0 Å². The van der Waals surface area contributed by atoms with Crippen molar-refractivity contribution in [3.63, 3.8) is 0 Å². The Hall–Kier alpha value is -7.96. The minimum atomic E-state index is -1.77. The van der Waals surface area contributed by atoms with Gasteiger partial charge in [-0.05, 0) is 61.6 Å². The summed E-state index contributed by atoms with van der Waals surface area (Å²) in [6.07, 6.45) is 4.67. The molecule has 25 heteroatoms. The van der Waals surface area contributed by atoms with Crippen molar-refractivity contribution in [2.45, 2.75) is 134 Å². The average molecular weight is 1090 g/mol. The fourth-order valence-electron chi connectivity index (χ4n) is 8.63. The first-order valence-electron chi connectivity index (χ1n) is 25.5. The summed E-state index contributed by atoms with van der Waals surface area (Å²) in [4.78, 5) is 142. The Balaban J connectivity index is 1.25. The van der Waals surface area contributed by atoms with Crippen LogP contribution in [0.25, 0.3) is 10.9 Å². The summed E-state index contributed by atoms with van der Waals surface area (Å²) < 4.78 is 13.6. The first-order valence-corrected chi connectivity index (χ1v) is 26.9. The molecule has 0 radical (unpaired) electrons. The summed E-state index contributed by atoms with van der Waals surface area (Å²) in [5.41, 5.74) is 13.7. The first-order chi connectivity index (χ1) is 36.6. The van der Waals surface area contributed by atoms with Crippen molar-refractivity contribution >= 4 is 80.8 Å². The SMILES string of the molecule is CC(C)C[C@@H](C(N)=O)[S@](=O)C[C@H](Cc1ccccc1)NC(=O)[C@H](Cc1cnc[nH]1)NC(=O)CNC(=O)[C@@H](NC(=O)[C@H](C)NC(=O)[C@H](Cc1c[nH]c2ccccc12)NC(=O)[C@H](CCC(N)=O)NC(=O)[C@@H]1CCC(=O)N1)C(C)C. The van der Waals surface area contributed by atoms with E-state index >= 15 is 0 Å². The highest BCUT2D eigenvalue weighted by Crippen LogP contribution is 2.20. The van der Waals surface area contributed by atoms with Gasteiger partial charge in [0.25, 0.3) is 0 Å². The van der Waals surface area contributed by atoms with Crippen LogP contribution < -0.4 is 54.0 Å². The molecule has 416 valence electrons. The number of primary amides is 2. The number of aromatic nitrogens is 3. The molecular formula is C52H71N13O11S. The van der Waals surface area contributed by atoms with Crippen LogP contribution in [0.2, 0.25) is 0 Å². The minimum absolute atomic E-state index is 0.0164. The molecule has 0 unspecified atom stereocenters. The topological polar surface area (TPSA) is 381 Å². The zero-order valence-electron chi connectivity index (χ0n) is 43.8. The van der Waals surface area contributed by atoms with Gasteiger partial charge in [-0.3, -0.25) is 52.2 Å². The van der Waals surface area contributed by atoms with Gasteiger partial charge < -0.3 is 64.0 Å². The lowest BCUT2D eigenvalue weighted by Gasteiger charge is -2.26. The highest BCUT2D eigenvalue weighted by molar-refractivity contribution is 7.86. The number of rotatable bonds is 30. The molecule has 0 saturated carbocycles. The van der Waals surface area contributed by atoms with Crippen LogP contribution in [-0.4, -0.2) is 138 Å². The van der Waals surface area contributed by atoms with Gasteiger partial charge in [0.15, 0.2) is 0 Å². The molecule has 0 aliphatic carbocycles. The fourth-order valence-corrected chi connectivity index (χ4v) is 10.3. The van der Waals surface area contributed by atoms with E-state index in [1.807, 2.05) is 62.4 Å². The van der Waals surface area contributed by atoms with E-state index in [9.17, 15) is 52.2 Å². The highest BCUT2D eigenvalue weighted by atomic mass is 32.2. The predicted octanol–water partition coefficient (Wildman–Crippen LogP) is -1.19. The molecule has 3 heterocycles. The average Bonchev–Trinajstić information content (AvgIpc) is 4.17. The van der Waals surface area contributed by atoms with Crippen molar-refractivity contribution in [1.82, 2.24) is 57.5 Å².